The molecular weight excluding hydrogens is 276 g/mol. The number of amides is 1. The molecule has 0 aliphatic rings. The molecule has 0 aliphatic heterocycles. The predicted molar refractivity (Wildman–Crippen MR) is 79.1 cm³/mol. The molecule has 104 valence electrons. The van der Waals surface area contributed by atoms with Crippen molar-refractivity contribution in [3.05, 3.63) is 54.2 Å². The summed E-state index contributed by atoms with van der Waals surface area (Å²) < 4.78 is 5.23. The standard InChI is InChI=1S/C15H15ClN2O2/c1-2-20-13-9-8-12(10-17-13)18-15(19)14(16)11-6-4-3-5-7-11/h3-10,14H,2H2,1H3,(H,18,19). The molecule has 1 atom stereocenters. The van der Waals surface area contributed by atoms with Gasteiger partial charge in [0.15, 0.2) is 0 Å². The quantitative estimate of drug-likeness (QED) is 0.859. The molecule has 1 aromatic carbocycles. The highest BCUT2D eigenvalue weighted by Crippen LogP contribution is 2.22. The molecule has 1 unspecified atom stereocenters. The molecule has 0 aliphatic carbocycles. The zero-order valence-electron chi connectivity index (χ0n) is 11.0. The van der Waals surface area contributed by atoms with Crippen molar-refractivity contribution in [3.8, 4) is 5.88 Å². The molecule has 1 aromatic heterocycles. The van der Waals surface area contributed by atoms with E-state index in [0.717, 1.165) is 5.56 Å². The number of hydrogen-bond donors (Lipinski definition) is 1. The number of nitrogens with zero attached hydrogens (tertiary/aromatic N) is 1. The van der Waals surface area contributed by atoms with E-state index in [1.54, 1.807) is 12.1 Å². The van der Waals surface area contributed by atoms with Crippen molar-refractivity contribution < 1.29 is 9.53 Å². The second kappa shape index (κ2) is 6.91. The first-order chi connectivity index (χ1) is 9.70. The van der Waals surface area contributed by atoms with Crippen LogP contribution in [-0.4, -0.2) is 17.5 Å². The van der Waals surface area contributed by atoms with Gasteiger partial charge in [-0.3, -0.25) is 4.79 Å². The lowest BCUT2D eigenvalue weighted by Crippen LogP contribution is -2.17. The SMILES string of the molecule is CCOc1ccc(NC(=O)C(Cl)c2ccccc2)cn1. The van der Waals surface area contributed by atoms with Gasteiger partial charge in [-0.05, 0) is 18.6 Å². The summed E-state index contributed by atoms with van der Waals surface area (Å²) in [5, 5.41) is 1.99. The Bertz CT molecular complexity index is 558. The molecule has 5 heteroatoms. The van der Waals surface area contributed by atoms with Crippen molar-refractivity contribution in [3.63, 3.8) is 0 Å². The lowest BCUT2D eigenvalue weighted by atomic mass is 10.1. The monoisotopic (exact) mass is 290 g/mol. The third-order valence-electron chi connectivity index (χ3n) is 2.62. The highest BCUT2D eigenvalue weighted by atomic mass is 35.5. The van der Waals surface area contributed by atoms with E-state index in [1.165, 1.54) is 6.20 Å². The summed E-state index contributed by atoms with van der Waals surface area (Å²) in [5.41, 5.74) is 1.34. The Morgan fingerprint density at radius 3 is 2.65 bits per heavy atom. The van der Waals surface area contributed by atoms with Gasteiger partial charge in [-0.25, -0.2) is 4.98 Å². The van der Waals surface area contributed by atoms with Gasteiger partial charge in [-0.2, -0.15) is 0 Å². The van der Waals surface area contributed by atoms with Gasteiger partial charge >= 0.3 is 0 Å². The van der Waals surface area contributed by atoms with Gasteiger partial charge in [0.05, 0.1) is 18.5 Å². The summed E-state index contributed by atoms with van der Waals surface area (Å²) in [6, 6.07) is 12.6. The summed E-state index contributed by atoms with van der Waals surface area (Å²) >= 11 is 6.13. The number of halogens is 1. The van der Waals surface area contributed by atoms with Crippen LogP contribution < -0.4 is 10.1 Å². The molecule has 0 spiro atoms. The molecule has 0 saturated heterocycles. The summed E-state index contributed by atoms with van der Waals surface area (Å²) in [7, 11) is 0. The van der Waals surface area contributed by atoms with Crippen LogP contribution in [0.25, 0.3) is 0 Å². The number of benzene rings is 1. The van der Waals surface area contributed by atoms with Crippen LogP contribution in [0.15, 0.2) is 48.7 Å². The summed E-state index contributed by atoms with van der Waals surface area (Å²) in [4.78, 5) is 16.1. The minimum atomic E-state index is -0.734. The minimum absolute atomic E-state index is 0.288. The summed E-state index contributed by atoms with van der Waals surface area (Å²) in [5.74, 6) is 0.236. The highest BCUT2D eigenvalue weighted by Gasteiger charge is 2.17. The number of hydrogen-bond acceptors (Lipinski definition) is 3. The molecule has 0 fully saturated rings. The molecule has 0 saturated carbocycles. The number of alkyl halides is 1. The van der Waals surface area contributed by atoms with E-state index in [4.69, 9.17) is 16.3 Å². The molecule has 20 heavy (non-hydrogen) atoms. The zero-order chi connectivity index (χ0) is 14.4. The normalized spacial score (nSPS) is 11.7. The third-order valence-corrected chi connectivity index (χ3v) is 3.07. The third kappa shape index (κ3) is 3.71. The van der Waals surface area contributed by atoms with Crippen LogP contribution in [-0.2, 0) is 4.79 Å². The van der Waals surface area contributed by atoms with Gasteiger partial charge < -0.3 is 10.1 Å². The Morgan fingerprint density at radius 1 is 1.30 bits per heavy atom. The van der Waals surface area contributed by atoms with Crippen molar-refractivity contribution in [1.82, 2.24) is 4.98 Å². The number of carbonyl (C=O) groups excluding carboxylic acids is 1. The molecule has 2 rings (SSSR count). The van der Waals surface area contributed by atoms with E-state index in [-0.39, 0.29) is 5.91 Å². The Kier molecular flexibility index (Phi) is 4.96. The van der Waals surface area contributed by atoms with Gasteiger partial charge in [-0.15, -0.1) is 11.6 Å². The lowest BCUT2D eigenvalue weighted by molar-refractivity contribution is -0.116. The van der Waals surface area contributed by atoms with Gasteiger partial charge in [0, 0.05) is 6.07 Å². The van der Waals surface area contributed by atoms with Crippen molar-refractivity contribution in [2.75, 3.05) is 11.9 Å². The number of anilines is 1. The molecule has 1 amide bonds. The number of nitrogens with one attached hydrogen (secondary N) is 1. The van der Waals surface area contributed by atoms with E-state index in [1.807, 2.05) is 37.3 Å². The highest BCUT2D eigenvalue weighted by molar-refractivity contribution is 6.32. The Hall–Kier alpha value is -2.07. The second-order valence-electron chi connectivity index (χ2n) is 4.08. The molecule has 0 radical (unpaired) electrons. The number of carbonyl (C=O) groups is 1. The molecular formula is C15H15ClN2O2. The van der Waals surface area contributed by atoms with Crippen LogP contribution in [0, 0.1) is 0 Å². The molecule has 0 bridgehead atoms. The molecule has 1 heterocycles. The number of ether oxygens (including phenoxy) is 1. The Morgan fingerprint density at radius 2 is 2.05 bits per heavy atom. The van der Waals surface area contributed by atoms with Crippen LogP contribution in [0.2, 0.25) is 0 Å². The van der Waals surface area contributed by atoms with Gasteiger partial charge in [0.25, 0.3) is 0 Å². The van der Waals surface area contributed by atoms with E-state index >= 15 is 0 Å². The van der Waals surface area contributed by atoms with Crippen molar-refractivity contribution in [1.29, 1.82) is 0 Å². The number of aromatic nitrogens is 1. The van der Waals surface area contributed by atoms with Crippen LogP contribution in [0.4, 0.5) is 5.69 Å². The van der Waals surface area contributed by atoms with Gasteiger partial charge in [0.2, 0.25) is 11.8 Å². The summed E-state index contributed by atoms with van der Waals surface area (Å²) in [6.45, 7) is 2.44. The fourth-order valence-corrected chi connectivity index (χ4v) is 1.87. The number of pyridine rings is 1. The van der Waals surface area contributed by atoms with Crippen molar-refractivity contribution >= 4 is 23.2 Å². The van der Waals surface area contributed by atoms with Crippen LogP contribution in [0.1, 0.15) is 17.9 Å². The first kappa shape index (κ1) is 14.3. The first-order valence-corrected chi connectivity index (χ1v) is 6.73. The largest absolute Gasteiger partial charge is 0.478 e. The van der Waals surface area contributed by atoms with Gasteiger partial charge in [0.1, 0.15) is 5.38 Å². The molecule has 2 aromatic rings. The minimum Gasteiger partial charge on any atom is -0.478 e. The van der Waals surface area contributed by atoms with E-state index in [9.17, 15) is 4.79 Å². The Balaban J connectivity index is 2.00. The maximum Gasteiger partial charge on any atom is 0.247 e. The Labute approximate surface area is 122 Å². The van der Waals surface area contributed by atoms with Crippen LogP contribution >= 0.6 is 11.6 Å². The average molecular weight is 291 g/mol. The zero-order valence-corrected chi connectivity index (χ0v) is 11.8. The van der Waals surface area contributed by atoms with Crippen molar-refractivity contribution in [2.45, 2.75) is 12.3 Å². The van der Waals surface area contributed by atoms with Crippen molar-refractivity contribution in [2.24, 2.45) is 0 Å². The topological polar surface area (TPSA) is 51.2 Å². The predicted octanol–water partition coefficient (Wildman–Crippen LogP) is 3.40. The molecule has 1 N–H and O–H groups in total. The van der Waals surface area contributed by atoms with E-state index in [2.05, 4.69) is 10.3 Å². The van der Waals surface area contributed by atoms with E-state index < -0.39 is 5.38 Å². The maximum atomic E-state index is 12.0. The first-order valence-electron chi connectivity index (χ1n) is 6.29. The lowest BCUT2D eigenvalue weighted by Gasteiger charge is -2.11. The number of rotatable bonds is 5. The second-order valence-corrected chi connectivity index (χ2v) is 4.52. The van der Waals surface area contributed by atoms with E-state index in [0.29, 0.717) is 18.2 Å². The van der Waals surface area contributed by atoms with Crippen LogP contribution in [0.5, 0.6) is 5.88 Å². The fourth-order valence-electron chi connectivity index (χ4n) is 1.67. The fraction of sp³-hybridized carbons (Fsp3) is 0.200. The summed E-state index contributed by atoms with van der Waals surface area (Å²) in [6.07, 6.45) is 1.54. The molecule has 4 nitrogen and oxygen atoms in total. The average Bonchev–Trinajstić information content (AvgIpc) is 2.49. The maximum absolute atomic E-state index is 12.0. The van der Waals surface area contributed by atoms with Gasteiger partial charge in [-0.1, -0.05) is 30.3 Å². The van der Waals surface area contributed by atoms with Crippen LogP contribution in [0.3, 0.4) is 0 Å². The smallest absolute Gasteiger partial charge is 0.247 e.